The quantitative estimate of drug-likeness (QED) is 0.248. The number of rotatable bonds is 6. The number of hydrogen-bond acceptors (Lipinski definition) is 6. The van der Waals surface area contributed by atoms with E-state index in [4.69, 9.17) is 39.5 Å². The predicted molar refractivity (Wildman–Crippen MR) is 171 cm³/mol. The number of likely N-dealkylation sites (tertiary alicyclic amines) is 1. The minimum absolute atomic E-state index is 0.237. The Morgan fingerprint density at radius 3 is 2.39 bits per heavy atom. The van der Waals surface area contributed by atoms with Gasteiger partial charge in [-0.2, -0.15) is 5.10 Å². The van der Waals surface area contributed by atoms with Gasteiger partial charge in [0.2, 0.25) is 5.91 Å². The number of hydrogen-bond donors (Lipinski definition) is 1. The van der Waals surface area contributed by atoms with Crippen molar-refractivity contribution in [2.24, 2.45) is 7.05 Å². The van der Waals surface area contributed by atoms with Crippen molar-refractivity contribution in [1.29, 1.82) is 0 Å². The number of nitrogens with zero attached hydrogens (tertiary/aromatic N) is 6. The van der Waals surface area contributed by atoms with E-state index in [1.807, 2.05) is 58.0 Å². The first kappa shape index (κ1) is 31.8. The number of piperidine rings is 1. The second kappa shape index (κ2) is 12.4. The highest BCUT2D eigenvalue weighted by molar-refractivity contribution is 6.36. The number of halogens is 3. The number of benzene rings is 2. The molecule has 1 saturated heterocycles. The van der Waals surface area contributed by atoms with E-state index in [2.05, 4.69) is 20.7 Å². The van der Waals surface area contributed by atoms with E-state index >= 15 is 0 Å². The van der Waals surface area contributed by atoms with Crippen LogP contribution in [0, 0.1) is 6.92 Å². The molecule has 1 N–H and O–H groups in total. The van der Waals surface area contributed by atoms with E-state index in [-0.39, 0.29) is 12.5 Å². The predicted octanol–water partition coefficient (Wildman–Crippen LogP) is 6.66. The molecule has 1 fully saturated rings. The van der Waals surface area contributed by atoms with Gasteiger partial charge in [0.05, 0.1) is 17.5 Å². The van der Waals surface area contributed by atoms with Crippen LogP contribution in [0.15, 0.2) is 48.7 Å². The smallest absolute Gasteiger partial charge is 0.410 e. The number of aryl methyl sites for hydroxylation is 2. The van der Waals surface area contributed by atoms with Gasteiger partial charge in [-0.3, -0.25) is 9.48 Å². The molecule has 2 aromatic carbocycles. The third-order valence-corrected chi connectivity index (χ3v) is 8.66. The van der Waals surface area contributed by atoms with E-state index in [0.717, 1.165) is 16.7 Å². The Balaban J connectivity index is 1.44. The van der Waals surface area contributed by atoms with Crippen molar-refractivity contribution in [2.45, 2.75) is 58.2 Å². The Labute approximate surface area is 271 Å². The molecule has 0 aliphatic carbocycles. The fourth-order valence-electron chi connectivity index (χ4n) is 5.44. The second-order valence-electron chi connectivity index (χ2n) is 11.9. The van der Waals surface area contributed by atoms with Gasteiger partial charge in [-0.25, -0.2) is 9.48 Å². The summed E-state index contributed by atoms with van der Waals surface area (Å²) in [5.41, 5.74) is 2.66. The molecule has 0 unspecified atom stereocenters. The van der Waals surface area contributed by atoms with E-state index in [1.54, 1.807) is 39.6 Å². The number of aromatic nitrogens is 5. The van der Waals surface area contributed by atoms with Crippen LogP contribution >= 0.6 is 34.8 Å². The Morgan fingerprint density at radius 2 is 1.75 bits per heavy atom. The topological polar surface area (TPSA) is 107 Å². The molecule has 0 saturated carbocycles. The third kappa shape index (κ3) is 6.43. The van der Waals surface area contributed by atoms with Crippen LogP contribution in [0.25, 0.3) is 22.4 Å². The van der Waals surface area contributed by atoms with Crippen molar-refractivity contribution in [3.63, 3.8) is 0 Å². The SMILES string of the molecule is Cc1nn(C)c(Cl)c1-c1cn(C2(C(=O)NCc3ccccc3-c3ccc(Cl)cc3Cl)CCN(C(=O)OC(C)(C)C)CC2)nn1. The second-order valence-corrected chi connectivity index (χ2v) is 13.1. The zero-order valence-electron chi connectivity index (χ0n) is 25.2. The van der Waals surface area contributed by atoms with Gasteiger partial charge < -0.3 is 15.0 Å². The summed E-state index contributed by atoms with van der Waals surface area (Å²) in [6.45, 7) is 8.13. The van der Waals surface area contributed by atoms with Crippen molar-refractivity contribution in [2.75, 3.05) is 13.1 Å². The fourth-order valence-corrected chi connectivity index (χ4v) is 6.22. The molecule has 13 heteroatoms. The first-order valence-electron chi connectivity index (χ1n) is 14.2. The zero-order valence-corrected chi connectivity index (χ0v) is 27.5. The molecular formula is C31H34Cl3N7O3. The van der Waals surface area contributed by atoms with Crippen LogP contribution in [0.3, 0.4) is 0 Å². The molecule has 232 valence electrons. The summed E-state index contributed by atoms with van der Waals surface area (Å²) in [6.07, 6.45) is 1.90. The molecule has 0 atom stereocenters. The highest BCUT2D eigenvalue weighted by Gasteiger charge is 2.46. The highest BCUT2D eigenvalue weighted by atomic mass is 35.5. The minimum atomic E-state index is -1.13. The van der Waals surface area contributed by atoms with Gasteiger partial charge in [-0.05, 0) is 63.8 Å². The van der Waals surface area contributed by atoms with Crippen LogP contribution in [0.4, 0.5) is 4.79 Å². The summed E-state index contributed by atoms with van der Waals surface area (Å²) in [5, 5.41) is 17.8. The molecule has 4 aromatic rings. The maximum atomic E-state index is 14.2. The van der Waals surface area contributed by atoms with Crippen molar-refractivity contribution in [3.05, 3.63) is 75.1 Å². The number of carbonyl (C=O) groups is 2. The lowest BCUT2D eigenvalue weighted by Gasteiger charge is -2.40. The van der Waals surface area contributed by atoms with Crippen LogP contribution in [-0.2, 0) is 28.7 Å². The van der Waals surface area contributed by atoms with Crippen molar-refractivity contribution in [1.82, 2.24) is 35.0 Å². The fraction of sp³-hybridized carbons (Fsp3) is 0.387. The molecular weight excluding hydrogens is 625 g/mol. The summed E-state index contributed by atoms with van der Waals surface area (Å²) < 4.78 is 8.75. The summed E-state index contributed by atoms with van der Waals surface area (Å²) in [6, 6.07) is 13.1. The summed E-state index contributed by atoms with van der Waals surface area (Å²) in [7, 11) is 1.75. The first-order chi connectivity index (χ1) is 20.8. The largest absolute Gasteiger partial charge is 0.444 e. The summed E-state index contributed by atoms with van der Waals surface area (Å²) >= 11 is 19.2. The minimum Gasteiger partial charge on any atom is -0.444 e. The molecule has 0 radical (unpaired) electrons. The summed E-state index contributed by atoms with van der Waals surface area (Å²) in [4.78, 5) is 28.7. The number of amides is 2. The molecule has 10 nitrogen and oxygen atoms in total. The van der Waals surface area contributed by atoms with Crippen LogP contribution < -0.4 is 5.32 Å². The Hall–Kier alpha value is -3.60. The van der Waals surface area contributed by atoms with Gasteiger partial charge in [-0.1, -0.05) is 70.3 Å². The maximum absolute atomic E-state index is 14.2. The van der Waals surface area contributed by atoms with Gasteiger partial charge >= 0.3 is 6.09 Å². The molecule has 44 heavy (non-hydrogen) atoms. The Bertz CT molecular complexity index is 1700. The van der Waals surface area contributed by atoms with Crippen LogP contribution in [0.2, 0.25) is 15.2 Å². The van der Waals surface area contributed by atoms with E-state index in [1.165, 1.54) is 0 Å². The molecule has 1 aliphatic rings. The lowest BCUT2D eigenvalue weighted by Crippen LogP contribution is -2.56. The average Bonchev–Trinajstić information content (AvgIpc) is 3.54. The first-order valence-corrected chi connectivity index (χ1v) is 15.3. The zero-order chi connectivity index (χ0) is 31.8. The maximum Gasteiger partial charge on any atom is 0.410 e. The third-order valence-electron chi connectivity index (χ3n) is 7.68. The molecule has 0 bridgehead atoms. The monoisotopic (exact) mass is 657 g/mol. The standard InChI is InChI=1S/C31H34Cl3N7O3/c1-19-26(27(34)39(5)37-19)25-18-41(38-36-25)31(12-14-40(15-13-31)29(43)44-30(2,3)4)28(42)35-17-20-8-6-7-9-22(20)23-11-10-21(32)16-24(23)33/h6-11,16,18H,12-15,17H2,1-5H3,(H,35,42). The van der Waals surface area contributed by atoms with Crippen molar-refractivity contribution < 1.29 is 14.3 Å². The molecule has 2 amide bonds. The van der Waals surface area contributed by atoms with Crippen LogP contribution in [0.5, 0.6) is 0 Å². The van der Waals surface area contributed by atoms with Gasteiger partial charge in [0.25, 0.3) is 0 Å². The van der Waals surface area contributed by atoms with E-state index in [0.29, 0.717) is 58.1 Å². The Kier molecular flexibility index (Phi) is 8.98. The number of ether oxygens (including phenoxy) is 1. The number of nitrogens with one attached hydrogen (secondary N) is 1. The Morgan fingerprint density at radius 1 is 1.05 bits per heavy atom. The highest BCUT2D eigenvalue weighted by Crippen LogP contribution is 2.36. The summed E-state index contributed by atoms with van der Waals surface area (Å²) in [5.74, 6) is -0.246. The van der Waals surface area contributed by atoms with Gasteiger partial charge in [0.1, 0.15) is 22.0 Å². The van der Waals surface area contributed by atoms with Crippen LogP contribution in [-0.4, -0.2) is 60.4 Å². The van der Waals surface area contributed by atoms with Crippen LogP contribution in [0.1, 0.15) is 44.9 Å². The molecule has 2 aromatic heterocycles. The molecule has 5 rings (SSSR count). The molecule has 3 heterocycles. The van der Waals surface area contributed by atoms with Gasteiger partial charge in [0.15, 0.2) is 0 Å². The molecule has 0 spiro atoms. The van der Waals surface area contributed by atoms with Crippen molar-refractivity contribution in [3.8, 4) is 22.4 Å². The molecule has 1 aliphatic heterocycles. The van der Waals surface area contributed by atoms with E-state index in [9.17, 15) is 9.59 Å². The van der Waals surface area contributed by atoms with Gasteiger partial charge in [-0.15, -0.1) is 5.10 Å². The van der Waals surface area contributed by atoms with Crippen molar-refractivity contribution >= 4 is 46.8 Å². The lowest BCUT2D eigenvalue weighted by molar-refractivity contribution is -0.133. The average molecular weight is 659 g/mol. The number of carbonyl (C=O) groups excluding carboxylic acids is 2. The van der Waals surface area contributed by atoms with Gasteiger partial charge in [0, 0.05) is 42.3 Å². The lowest BCUT2D eigenvalue weighted by atomic mass is 9.86. The normalized spacial score (nSPS) is 14.9. The van der Waals surface area contributed by atoms with E-state index < -0.39 is 17.2 Å².